The molecule has 124 valence electrons. The largest absolute Gasteiger partial charge is 0.481 e. The van der Waals surface area contributed by atoms with Gasteiger partial charge in [-0.2, -0.15) is 0 Å². The van der Waals surface area contributed by atoms with E-state index in [1.165, 1.54) is 5.56 Å². The molecule has 3 aromatic rings. The number of aliphatic carboxylic acids is 1. The van der Waals surface area contributed by atoms with E-state index in [-0.39, 0.29) is 5.92 Å². The van der Waals surface area contributed by atoms with E-state index in [0.29, 0.717) is 12.8 Å². The van der Waals surface area contributed by atoms with Crippen molar-refractivity contribution in [1.82, 2.24) is 0 Å². The van der Waals surface area contributed by atoms with E-state index in [2.05, 4.69) is 37.0 Å². The zero-order valence-electron chi connectivity index (χ0n) is 14.0. The number of hydrogen-bond donors (Lipinski definition) is 1. The average Bonchev–Trinajstić information content (AvgIpc) is 2.98. The van der Waals surface area contributed by atoms with Crippen LogP contribution >= 0.6 is 0 Å². The maximum atomic E-state index is 11.2. The van der Waals surface area contributed by atoms with Gasteiger partial charge >= 0.3 is 5.97 Å². The highest BCUT2D eigenvalue weighted by Crippen LogP contribution is 2.34. The Morgan fingerprint density at radius 2 is 1.84 bits per heavy atom. The smallest absolute Gasteiger partial charge is 0.306 e. The van der Waals surface area contributed by atoms with E-state index in [1.54, 1.807) is 0 Å². The van der Waals surface area contributed by atoms with E-state index in [4.69, 9.17) is 4.42 Å². The molecule has 0 fully saturated rings. The quantitative estimate of drug-likeness (QED) is 0.676. The predicted octanol–water partition coefficient (Wildman–Crippen LogP) is 4.33. The SMILES string of the molecule is Cc1ccc(C#Cc2ccc3oc4c(c3c2)CCC(C(=O)O)C4)cc1. The molecule has 1 aliphatic carbocycles. The van der Waals surface area contributed by atoms with Gasteiger partial charge in [-0.3, -0.25) is 4.79 Å². The monoisotopic (exact) mass is 330 g/mol. The van der Waals surface area contributed by atoms with Gasteiger partial charge in [0.1, 0.15) is 11.3 Å². The molecule has 2 aromatic carbocycles. The van der Waals surface area contributed by atoms with Crippen LogP contribution in [0.4, 0.5) is 0 Å². The summed E-state index contributed by atoms with van der Waals surface area (Å²) in [4.78, 5) is 11.2. The van der Waals surface area contributed by atoms with E-state index < -0.39 is 5.97 Å². The van der Waals surface area contributed by atoms with Gasteiger partial charge < -0.3 is 9.52 Å². The molecule has 1 aromatic heterocycles. The fourth-order valence-corrected chi connectivity index (χ4v) is 3.35. The number of furan rings is 1. The zero-order valence-corrected chi connectivity index (χ0v) is 14.0. The van der Waals surface area contributed by atoms with Crippen LogP contribution in [0.3, 0.4) is 0 Å². The van der Waals surface area contributed by atoms with Crippen molar-refractivity contribution in [2.24, 2.45) is 5.92 Å². The minimum absolute atomic E-state index is 0.339. The maximum Gasteiger partial charge on any atom is 0.306 e. The number of benzene rings is 2. The molecule has 4 rings (SSSR count). The first-order valence-corrected chi connectivity index (χ1v) is 8.46. The summed E-state index contributed by atoms with van der Waals surface area (Å²) in [5, 5.41) is 10.3. The van der Waals surface area contributed by atoms with Crippen LogP contribution in [0.25, 0.3) is 11.0 Å². The lowest BCUT2D eigenvalue weighted by atomic mass is 9.87. The third-order valence-electron chi connectivity index (χ3n) is 4.80. The van der Waals surface area contributed by atoms with Gasteiger partial charge in [0.2, 0.25) is 0 Å². The van der Waals surface area contributed by atoms with Gasteiger partial charge in [0, 0.05) is 28.5 Å². The molecule has 0 aliphatic heterocycles. The zero-order chi connectivity index (χ0) is 17.4. The number of carbonyl (C=O) groups is 1. The molecular weight excluding hydrogens is 312 g/mol. The Kier molecular flexibility index (Phi) is 3.82. The number of aryl methyl sites for hydroxylation is 2. The van der Waals surface area contributed by atoms with Crippen molar-refractivity contribution in [3.05, 3.63) is 70.5 Å². The van der Waals surface area contributed by atoms with Gasteiger partial charge in [-0.25, -0.2) is 0 Å². The summed E-state index contributed by atoms with van der Waals surface area (Å²) >= 11 is 0. The van der Waals surface area contributed by atoms with Crippen molar-refractivity contribution < 1.29 is 14.3 Å². The second-order valence-corrected chi connectivity index (χ2v) is 6.61. The summed E-state index contributed by atoms with van der Waals surface area (Å²) in [5.41, 5.74) is 5.11. The highest BCUT2D eigenvalue weighted by atomic mass is 16.4. The van der Waals surface area contributed by atoms with Crippen molar-refractivity contribution in [2.75, 3.05) is 0 Å². The Morgan fingerprint density at radius 1 is 1.12 bits per heavy atom. The summed E-state index contributed by atoms with van der Waals surface area (Å²) < 4.78 is 5.89. The first kappa shape index (κ1) is 15.5. The number of carboxylic acids is 1. The number of fused-ring (bicyclic) bond motifs is 3. The van der Waals surface area contributed by atoms with E-state index >= 15 is 0 Å². The van der Waals surface area contributed by atoms with Crippen LogP contribution in [0.5, 0.6) is 0 Å². The third-order valence-corrected chi connectivity index (χ3v) is 4.80. The molecule has 0 bridgehead atoms. The molecule has 1 N–H and O–H groups in total. The molecule has 3 heteroatoms. The molecule has 0 spiro atoms. The third kappa shape index (κ3) is 3.04. The predicted molar refractivity (Wildman–Crippen MR) is 96.5 cm³/mol. The molecule has 0 amide bonds. The molecule has 3 nitrogen and oxygen atoms in total. The number of carboxylic acid groups (broad SMARTS) is 1. The molecule has 1 unspecified atom stereocenters. The highest BCUT2D eigenvalue weighted by molar-refractivity contribution is 5.84. The van der Waals surface area contributed by atoms with Crippen molar-refractivity contribution in [2.45, 2.75) is 26.2 Å². The minimum Gasteiger partial charge on any atom is -0.481 e. The summed E-state index contributed by atoms with van der Waals surface area (Å²) in [6.45, 7) is 2.06. The minimum atomic E-state index is -0.740. The Balaban J connectivity index is 1.67. The molecule has 1 atom stereocenters. The molecule has 25 heavy (non-hydrogen) atoms. The summed E-state index contributed by atoms with van der Waals surface area (Å²) in [6, 6.07) is 14.1. The van der Waals surface area contributed by atoms with E-state index in [9.17, 15) is 9.90 Å². The molecule has 1 aliphatic rings. The Labute approximate surface area is 146 Å². The Morgan fingerprint density at radius 3 is 2.60 bits per heavy atom. The van der Waals surface area contributed by atoms with Crippen molar-refractivity contribution >= 4 is 16.9 Å². The topological polar surface area (TPSA) is 50.4 Å². The molecule has 0 radical (unpaired) electrons. The standard InChI is InChI=1S/C22H18O3/c1-14-2-4-15(5-3-14)6-7-16-8-11-20-19(12-16)18-10-9-17(22(23)24)13-21(18)25-20/h2-5,8,11-12,17H,9-10,13H2,1H3,(H,23,24). The fourth-order valence-electron chi connectivity index (χ4n) is 3.35. The number of rotatable bonds is 1. The maximum absolute atomic E-state index is 11.2. The second kappa shape index (κ2) is 6.14. The van der Waals surface area contributed by atoms with Crippen LogP contribution in [0.1, 0.15) is 34.4 Å². The second-order valence-electron chi connectivity index (χ2n) is 6.61. The highest BCUT2D eigenvalue weighted by Gasteiger charge is 2.28. The lowest BCUT2D eigenvalue weighted by Gasteiger charge is -2.16. The van der Waals surface area contributed by atoms with Gasteiger partial charge in [0.15, 0.2) is 0 Å². The van der Waals surface area contributed by atoms with E-state index in [0.717, 1.165) is 39.8 Å². The Hall–Kier alpha value is -2.99. The molecular formula is C22H18O3. The van der Waals surface area contributed by atoms with Crippen LogP contribution in [-0.2, 0) is 17.6 Å². The summed E-state index contributed by atoms with van der Waals surface area (Å²) in [5.74, 6) is 6.14. The van der Waals surface area contributed by atoms with Crippen molar-refractivity contribution in [3.63, 3.8) is 0 Å². The van der Waals surface area contributed by atoms with Crippen molar-refractivity contribution in [3.8, 4) is 11.8 Å². The molecule has 0 saturated carbocycles. The van der Waals surface area contributed by atoms with Crippen LogP contribution in [0.2, 0.25) is 0 Å². The fraction of sp³-hybridized carbons (Fsp3) is 0.227. The van der Waals surface area contributed by atoms with Gasteiger partial charge in [0.05, 0.1) is 5.92 Å². The lowest BCUT2D eigenvalue weighted by Crippen LogP contribution is -2.21. The van der Waals surface area contributed by atoms with Crippen LogP contribution in [-0.4, -0.2) is 11.1 Å². The van der Waals surface area contributed by atoms with Gasteiger partial charge in [-0.1, -0.05) is 29.5 Å². The van der Waals surface area contributed by atoms with Gasteiger partial charge in [0.25, 0.3) is 0 Å². The van der Waals surface area contributed by atoms with Gasteiger partial charge in [-0.05, 0) is 50.1 Å². The summed E-state index contributed by atoms with van der Waals surface area (Å²) in [6.07, 6.45) is 1.88. The summed E-state index contributed by atoms with van der Waals surface area (Å²) in [7, 11) is 0. The van der Waals surface area contributed by atoms with Crippen LogP contribution in [0.15, 0.2) is 46.9 Å². The Bertz CT molecular complexity index is 1010. The van der Waals surface area contributed by atoms with Gasteiger partial charge in [-0.15, -0.1) is 0 Å². The average molecular weight is 330 g/mol. The van der Waals surface area contributed by atoms with Crippen molar-refractivity contribution in [1.29, 1.82) is 0 Å². The first-order chi connectivity index (χ1) is 12.1. The van der Waals surface area contributed by atoms with E-state index in [1.807, 2.05) is 24.3 Å². The lowest BCUT2D eigenvalue weighted by molar-refractivity contribution is -0.142. The molecule has 1 heterocycles. The normalized spacial score (nSPS) is 16.1. The van der Waals surface area contributed by atoms with Crippen LogP contribution in [0, 0.1) is 24.7 Å². The number of hydrogen-bond acceptors (Lipinski definition) is 2. The van der Waals surface area contributed by atoms with Crippen LogP contribution < -0.4 is 0 Å². The first-order valence-electron chi connectivity index (χ1n) is 8.46. The molecule has 0 saturated heterocycles.